The number of carbonyl (C=O) groups excluding carboxylic acids is 1. The Kier molecular flexibility index (Phi) is 8.89. The number of aryl methyl sites for hydroxylation is 1. The van der Waals surface area contributed by atoms with Crippen LogP contribution in [0.15, 0.2) is 182 Å². The fraction of sp³-hybridized carbons (Fsp3) is 0.0227. The van der Waals surface area contributed by atoms with Gasteiger partial charge in [0.25, 0.3) is 0 Å². The molecule has 7 aromatic rings. The second kappa shape index (κ2) is 14.0. The highest BCUT2D eigenvalue weighted by molar-refractivity contribution is 6.09. The van der Waals surface area contributed by atoms with E-state index in [1.165, 1.54) is 0 Å². The van der Waals surface area contributed by atoms with Gasteiger partial charge in [0.15, 0.2) is 5.78 Å². The van der Waals surface area contributed by atoms with Gasteiger partial charge >= 0.3 is 0 Å². The lowest BCUT2D eigenvalue weighted by atomic mass is 10.0. The molecule has 5 nitrogen and oxygen atoms in total. The zero-order chi connectivity index (χ0) is 33.6. The summed E-state index contributed by atoms with van der Waals surface area (Å²) in [6.07, 6.45) is 0. The normalized spacial score (nSPS) is 10.7. The van der Waals surface area contributed by atoms with Gasteiger partial charge in [0, 0.05) is 50.9 Å². The molecule has 0 saturated heterocycles. The van der Waals surface area contributed by atoms with E-state index in [0.717, 1.165) is 45.4 Å². The molecular formula is C44H35N3O2. The van der Waals surface area contributed by atoms with Crippen LogP contribution < -0.4 is 20.3 Å². The molecule has 0 fully saturated rings. The molecule has 0 aliphatic heterocycles. The minimum atomic E-state index is -0.0111. The molecule has 0 saturated carbocycles. The maximum Gasteiger partial charge on any atom is 0.193 e. The van der Waals surface area contributed by atoms with Crippen LogP contribution in [0.5, 0.6) is 11.5 Å². The molecule has 0 radical (unpaired) electrons. The second-order valence-electron chi connectivity index (χ2n) is 11.8. The van der Waals surface area contributed by atoms with Crippen molar-refractivity contribution in [3.05, 3.63) is 199 Å². The third-order valence-electron chi connectivity index (χ3n) is 8.31. The number of rotatable bonds is 10. The van der Waals surface area contributed by atoms with Crippen LogP contribution in [0.4, 0.5) is 39.8 Å². The molecule has 0 aromatic heterocycles. The summed E-state index contributed by atoms with van der Waals surface area (Å²) in [4.78, 5) is 17.3. The Morgan fingerprint density at radius 3 is 1.18 bits per heavy atom. The number of ketones is 1. The van der Waals surface area contributed by atoms with Gasteiger partial charge in [-0.15, -0.1) is 0 Å². The Balaban J connectivity index is 1.13. The van der Waals surface area contributed by atoms with E-state index in [-0.39, 0.29) is 5.78 Å². The van der Waals surface area contributed by atoms with Gasteiger partial charge in [-0.2, -0.15) is 0 Å². The van der Waals surface area contributed by atoms with E-state index < -0.39 is 0 Å². The van der Waals surface area contributed by atoms with Crippen molar-refractivity contribution in [2.24, 2.45) is 0 Å². The lowest BCUT2D eigenvalue weighted by Crippen LogP contribution is -2.12. The zero-order valence-corrected chi connectivity index (χ0v) is 27.1. The molecule has 5 heteroatoms. The molecule has 0 bridgehead atoms. The van der Waals surface area contributed by atoms with E-state index in [2.05, 4.69) is 70.5 Å². The van der Waals surface area contributed by atoms with Gasteiger partial charge < -0.3 is 20.3 Å². The second-order valence-corrected chi connectivity index (χ2v) is 11.8. The maximum absolute atomic E-state index is 12.9. The first-order valence-corrected chi connectivity index (χ1v) is 16.2. The smallest absolute Gasteiger partial charge is 0.193 e. The Morgan fingerprint density at radius 2 is 0.755 bits per heavy atom. The Hall–Kier alpha value is -6.59. The summed E-state index contributed by atoms with van der Waals surface area (Å²) in [5, 5.41) is 0. The molecule has 0 spiro atoms. The number of carbonyl (C=O) groups is 1. The van der Waals surface area contributed by atoms with Crippen LogP contribution in [0.1, 0.15) is 21.5 Å². The minimum absolute atomic E-state index is 0.0111. The average molecular weight is 638 g/mol. The number of hydrogen-bond donors (Lipinski definition) is 1. The molecule has 2 N–H and O–H groups in total. The molecule has 0 heterocycles. The fourth-order valence-corrected chi connectivity index (χ4v) is 5.77. The van der Waals surface area contributed by atoms with Crippen LogP contribution in [0.25, 0.3) is 0 Å². The van der Waals surface area contributed by atoms with Crippen LogP contribution >= 0.6 is 0 Å². The van der Waals surface area contributed by atoms with Crippen molar-refractivity contribution in [2.75, 3.05) is 15.5 Å². The van der Waals surface area contributed by atoms with Crippen molar-refractivity contribution in [1.29, 1.82) is 0 Å². The lowest BCUT2D eigenvalue weighted by molar-refractivity contribution is 0.103. The fourth-order valence-electron chi connectivity index (χ4n) is 5.77. The molecule has 7 rings (SSSR count). The standard InChI is InChI=1S/C44H35N3O2/c1-32-12-14-33(15-13-32)44(48)34-16-28-42(29-17-34)49-43-30-26-41(27-31-43)47(37-10-6-3-7-11-37)40-24-22-39(23-25-40)46(36-8-4-2-5-9-36)38-20-18-35(45)19-21-38/h2-31H,45H2,1H3. The predicted molar refractivity (Wildman–Crippen MR) is 201 cm³/mol. The van der Waals surface area contributed by atoms with E-state index in [0.29, 0.717) is 22.6 Å². The molecule has 0 unspecified atom stereocenters. The highest BCUT2D eigenvalue weighted by atomic mass is 16.5. The van der Waals surface area contributed by atoms with Gasteiger partial charge in [-0.25, -0.2) is 0 Å². The SMILES string of the molecule is Cc1ccc(C(=O)c2ccc(Oc3ccc(N(c4ccccc4)c4ccc(N(c5ccccc5)c5ccc(N)cc5)cc4)cc3)cc2)cc1. The average Bonchev–Trinajstić information content (AvgIpc) is 3.15. The van der Waals surface area contributed by atoms with Crippen LogP contribution in [0.3, 0.4) is 0 Å². The monoisotopic (exact) mass is 637 g/mol. The van der Waals surface area contributed by atoms with E-state index in [1.807, 2.05) is 116 Å². The first-order chi connectivity index (χ1) is 24.0. The van der Waals surface area contributed by atoms with E-state index in [4.69, 9.17) is 10.5 Å². The molecular weight excluding hydrogens is 603 g/mol. The number of nitrogens with zero attached hydrogens (tertiary/aromatic N) is 2. The van der Waals surface area contributed by atoms with Crippen molar-refractivity contribution < 1.29 is 9.53 Å². The number of nitrogen functional groups attached to an aromatic ring is 1. The highest BCUT2D eigenvalue weighted by Gasteiger charge is 2.16. The third kappa shape index (κ3) is 7.07. The van der Waals surface area contributed by atoms with Gasteiger partial charge in [0.1, 0.15) is 11.5 Å². The largest absolute Gasteiger partial charge is 0.457 e. The lowest BCUT2D eigenvalue weighted by Gasteiger charge is -2.28. The third-order valence-corrected chi connectivity index (χ3v) is 8.31. The van der Waals surface area contributed by atoms with Crippen LogP contribution in [-0.4, -0.2) is 5.78 Å². The van der Waals surface area contributed by atoms with E-state index in [1.54, 1.807) is 12.1 Å². The number of para-hydroxylation sites is 2. The van der Waals surface area contributed by atoms with Crippen molar-refractivity contribution in [3.63, 3.8) is 0 Å². The Morgan fingerprint density at radius 1 is 0.429 bits per heavy atom. The predicted octanol–water partition coefficient (Wildman–Crippen LogP) is 11.5. The molecule has 49 heavy (non-hydrogen) atoms. The quantitative estimate of drug-likeness (QED) is 0.119. The molecule has 0 aliphatic carbocycles. The van der Waals surface area contributed by atoms with Gasteiger partial charge in [0.2, 0.25) is 0 Å². The first-order valence-electron chi connectivity index (χ1n) is 16.2. The number of benzene rings is 7. The summed E-state index contributed by atoms with van der Waals surface area (Å²) < 4.78 is 6.17. The van der Waals surface area contributed by atoms with Crippen molar-refractivity contribution in [3.8, 4) is 11.5 Å². The number of ether oxygens (including phenoxy) is 1. The number of nitrogens with two attached hydrogens (primary N) is 1. The summed E-state index contributed by atoms with van der Waals surface area (Å²) in [5.74, 6) is 1.35. The maximum atomic E-state index is 12.9. The summed E-state index contributed by atoms with van der Waals surface area (Å²) in [6, 6.07) is 60.0. The minimum Gasteiger partial charge on any atom is -0.457 e. The Labute approximate surface area is 287 Å². The van der Waals surface area contributed by atoms with E-state index >= 15 is 0 Å². The molecule has 0 amide bonds. The highest BCUT2D eigenvalue weighted by Crippen LogP contribution is 2.39. The van der Waals surface area contributed by atoms with Gasteiger partial charge in [-0.05, 0) is 128 Å². The number of anilines is 7. The van der Waals surface area contributed by atoms with Crippen LogP contribution in [0, 0.1) is 6.92 Å². The summed E-state index contributed by atoms with van der Waals surface area (Å²) in [5.41, 5.74) is 15.3. The summed E-state index contributed by atoms with van der Waals surface area (Å²) in [7, 11) is 0. The first kappa shape index (κ1) is 31.0. The zero-order valence-electron chi connectivity index (χ0n) is 27.1. The molecule has 238 valence electrons. The Bertz CT molecular complexity index is 2130. The molecule has 7 aromatic carbocycles. The van der Waals surface area contributed by atoms with Crippen LogP contribution in [0.2, 0.25) is 0 Å². The molecule has 0 aliphatic rings. The van der Waals surface area contributed by atoms with Gasteiger partial charge in [-0.3, -0.25) is 4.79 Å². The van der Waals surface area contributed by atoms with Crippen molar-refractivity contribution in [2.45, 2.75) is 6.92 Å². The van der Waals surface area contributed by atoms with Gasteiger partial charge in [0.05, 0.1) is 0 Å². The van der Waals surface area contributed by atoms with Crippen molar-refractivity contribution >= 4 is 45.6 Å². The molecule has 0 atom stereocenters. The number of hydrogen-bond acceptors (Lipinski definition) is 5. The topological polar surface area (TPSA) is 58.8 Å². The van der Waals surface area contributed by atoms with Crippen molar-refractivity contribution in [1.82, 2.24) is 0 Å². The summed E-state index contributed by atoms with van der Waals surface area (Å²) in [6.45, 7) is 2.01. The summed E-state index contributed by atoms with van der Waals surface area (Å²) >= 11 is 0. The van der Waals surface area contributed by atoms with Gasteiger partial charge in [-0.1, -0.05) is 66.2 Å². The van der Waals surface area contributed by atoms with E-state index in [9.17, 15) is 4.79 Å². The van der Waals surface area contributed by atoms with Crippen LogP contribution in [-0.2, 0) is 0 Å².